The Labute approximate surface area is 161 Å². The molecule has 2 aromatic rings. The van der Waals surface area contributed by atoms with Crippen LogP contribution in [0.4, 0.5) is 0 Å². The highest BCUT2D eigenvalue weighted by molar-refractivity contribution is 7.89. The molecule has 0 radical (unpaired) electrons. The van der Waals surface area contributed by atoms with Gasteiger partial charge in [-0.1, -0.05) is 56.3 Å². The van der Waals surface area contributed by atoms with Crippen molar-refractivity contribution in [1.82, 2.24) is 4.72 Å². The maximum absolute atomic E-state index is 12.7. The largest absolute Gasteiger partial charge is 0.459 e. The number of carbonyl (C=O) groups is 1. The van der Waals surface area contributed by atoms with Gasteiger partial charge in [0.2, 0.25) is 10.0 Å². The van der Waals surface area contributed by atoms with Gasteiger partial charge in [0.1, 0.15) is 11.6 Å². The molecule has 0 aliphatic heterocycles. The van der Waals surface area contributed by atoms with E-state index in [0.29, 0.717) is 0 Å². The van der Waals surface area contributed by atoms with Crippen molar-refractivity contribution in [2.75, 3.05) is 0 Å². The summed E-state index contributed by atoms with van der Waals surface area (Å²) in [5.74, 6) is -0.833. The van der Waals surface area contributed by atoms with E-state index < -0.39 is 27.6 Å². The summed E-state index contributed by atoms with van der Waals surface area (Å²) in [5, 5.41) is 0. The van der Waals surface area contributed by atoms with Crippen molar-refractivity contribution >= 4 is 16.0 Å². The molecule has 0 saturated carbocycles. The van der Waals surface area contributed by atoms with Gasteiger partial charge in [0.25, 0.3) is 0 Å². The Balaban J connectivity index is 2.22. The van der Waals surface area contributed by atoms with Crippen LogP contribution in [0.15, 0.2) is 59.5 Å². The van der Waals surface area contributed by atoms with Crippen LogP contribution in [0.3, 0.4) is 0 Å². The Morgan fingerprint density at radius 1 is 0.926 bits per heavy atom. The molecule has 1 N–H and O–H groups in total. The first-order chi connectivity index (χ1) is 12.5. The Kier molecular flexibility index (Phi) is 6.44. The van der Waals surface area contributed by atoms with E-state index in [0.717, 1.165) is 11.1 Å². The van der Waals surface area contributed by atoms with E-state index in [-0.39, 0.29) is 10.8 Å². The van der Waals surface area contributed by atoms with Crippen molar-refractivity contribution in [2.45, 2.75) is 51.2 Å². The normalized spacial score (nSPS) is 13.4. The molecular formula is C21H27NO4S. The van der Waals surface area contributed by atoms with Crippen LogP contribution in [0.1, 0.15) is 34.6 Å². The van der Waals surface area contributed by atoms with E-state index in [9.17, 15) is 13.2 Å². The fourth-order valence-corrected chi connectivity index (χ4v) is 3.85. The maximum atomic E-state index is 12.7. The molecule has 1 atom stereocenters. The van der Waals surface area contributed by atoms with E-state index in [4.69, 9.17) is 4.74 Å². The summed E-state index contributed by atoms with van der Waals surface area (Å²) in [4.78, 5) is 12.5. The van der Waals surface area contributed by atoms with Crippen molar-refractivity contribution in [3.63, 3.8) is 0 Å². The Hall–Kier alpha value is -2.18. The third kappa shape index (κ3) is 5.91. The van der Waals surface area contributed by atoms with Crippen molar-refractivity contribution in [2.24, 2.45) is 5.92 Å². The molecular weight excluding hydrogens is 362 g/mol. The Morgan fingerprint density at radius 2 is 1.44 bits per heavy atom. The predicted molar refractivity (Wildman–Crippen MR) is 107 cm³/mol. The van der Waals surface area contributed by atoms with Gasteiger partial charge in [0.15, 0.2) is 0 Å². The monoisotopic (exact) mass is 389 g/mol. The molecule has 0 fully saturated rings. The lowest BCUT2D eigenvalue weighted by Crippen LogP contribution is -2.47. The van der Waals surface area contributed by atoms with E-state index in [2.05, 4.69) is 4.72 Å². The van der Waals surface area contributed by atoms with Crippen molar-refractivity contribution in [3.8, 4) is 11.1 Å². The first kappa shape index (κ1) is 21.1. The smallest absolute Gasteiger partial charge is 0.324 e. The lowest BCUT2D eigenvalue weighted by atomic mass is 10.1. The summed E-state index contributed by atoms with van der Waals surface area (Å²) in [6, 6.07) is 15.3. The van der Waals surface area contributed by atoms with Crippen LogP contribution in [-0.2, 0) is 19.6 Å². The third-order valence-electron chi connectivity index (χ3n) is 3.88. The van der Waals surface area contributed by atoms with Gasteiger partial charge in [-0.05, 0) is 49.9 Å². The highest BCUT2D eigenvalue weighted by Gasteiger charge is 2.32. The number of sulfonamides is 1. The predicted octanol–water partition coefficient (Wildman–Crippen LogP) is 4.00. The number of ether oxygens (including phenoxy) is 1. The van der Waals surface area contributed by atoms with Crippen molar-refractivity contribution in [1.29, 1.82) is 0 Å². The minimum atomic E-state index is -3.85. The standard InChI is InChI=1S/C21H27NO4S/c1-15(2)19(20(23)26-21(3,4)5)22-27(24,25)18-13-11-17(12-14-18)16-9-7-6-8-10-16/h6-15,19,22H,1-5H3/t19-/m1/s1. The fourth-order valence-electron chi connectivity index (χ4n) is 2.51. The minimum absolute atomic E-state index is 0.108. The van der Waals surface area contributed by atoms with Crippen LogP contribution in [0.2, 0.25) is 0 Å². The lowest BCUT2D eigenvalue weighted by molar-refractivity contribution is -0.158. The maximum Gasteiger partial charge on any atom is 0.324 e. The summed E-state index contributed by atoms with van der Waals surface area (Å²) in [7, 11) is -3.85. The third-order valence-corrected chi connectivity index (χ3v) is 5.34. The average Bonchev–Trinajstić information content (AvgIpc) is 2.59. The summed E-state index contributed by atoms with van der Waals surface area (Å²) in [6.45, 7) is 8.79. The number of rotatable bonds is 6. The minimum Gasteiger partial charge on any atom is -0.459 e. The zero-order valence-corrected chi connectivity index (χ0v) is 17.2. The molecule has 0 unspecified atom stereocenters. The first-order valence-corrected chi connectivity index (χ1v) is 10.4. The average molecular weight is 390 g/mol. The van der Waals surface area contributed by atoms with Crippen LogP contribution < -0.4 is 4.72 Å². The van der Waals surface area contributed by atoms with Gasteiger partial charge < -0.3 is 4.74 Å². The molecule has 0 bridgehead atoms. The van der Waals surface area contributed by atoms with Gasteiger partial charge >= 0.3 is 5.97 Å². The van der Waals surface area contributed by atoms with Crippen LogP contribution >= 0.6 is 0 Å². The van der Waals surface area contributed by atoms with Gasteiger partial charge in [-0.2, -0.15) is 4.72 Å². The number of hydrogen-bond acceptors (Lipinski definition) is 4. The molecule has 6 heteroatoms. The summed E-state index contributed by atoms with van der Waals surface area (Å²) >= 11 is 0. The SMILES string of the molecule is CC(C)[C@@H](NS(=O)(=O)c1ccc(-c2ccccc2)cc1)C(=O)OC(C)(C)C. The molecule has 0 heterocycles. The Morgan fingerprint density at radius 3 is 1.93 bits per heavy atom. The van der Waals surface area contributed by atoms with Crippen molar-refractivity contribution in [3.05, 3.63) is 54.6 Å². The second kappa shape index (κ2) is 8.23. The van der Waals surface area contributed by atoms with Gasteiger partial charge in [-0.15, -0.1) is 0 Å². The quantitative estimate of drug-likeness (QED) is 0.758. The second-order valence-corrected chi connectivity index (χ2v) is 9.48. The molecule has 0 spiro atoms. The molecule has 0 aromatic heterocycles. The fraction of sp³-hybridized carbons (Fsp3) is 0.381. The molecule has 0 aliphatic carbocycles. The molecule has 5 nitrogen and oxygen atoms in total. The zero-order chi connectivity index (χ0) is 20.2. The van der Waals surface area contributed by atoms with Gasteiger partial charge in [-0.25, -0.2) is 8.42 Å². The van der Waals surface area contributed by atoms with E-state index in [1.54, 1.807) is 46.8 Å². The number of esters is 1. The molecule has 0 aliphatic rings. The number of carbonyl (C=O) groups excluding carboxylic acids is 1. The van der Waals surface area contributed by atoms with E-state index >= 15 is 0 Å². The highest BCUT2D eigenvalue weighted by Crippen LogP contribution is 2.22. The van der Waals surface area contributed by atoms with Gasteiger partial charge in [-0.3, -0.25) is 4.79 Å². The van der Waals surface area contributed by atoms with Crippen LogP contribution in [0.25, 0.3) is 11.1 Å². The topological polar surface area (TPSA) is 72.5 Å². The molecule has 27 heavy (non-hydrogen) atoms. The first-order valence-electron chi connectivity index (χ1n) is 8.90. The van der Waals surface area contributed by atoms with Crippen LogP contribution in [0.5, 0.6) is 0 Å². The zero-order valence-electron chi connectivity index (χ0n) is 16.4. The van der Waals surface area contributed by atoms with Crippen LogP contribution in [-0.4, -0.2) is 26.0 Å². The van der Waals surface area contributed by atoms with Gasteiger partial charge in [0.05, 0.1) is 4.90 Å². The number of nitrogens with one attached hydrogen (secondary N) is 1. The molecule has 0 saturated heterocycles. The van der Waals surface area contributed by atoms with Crippen LogP contribution in [0, 0.1) is 5.92 Å². The number of hydrogen-bond donors (Lipinski definition) is 1. The molecule has 2 rings (SSSR count). The van der Waals surface area contributed by atoms with E-state index in [1.165, 1.54) is 12.1 Å². The molecule has 0 amide bonds. The Bertz CT molecular complexity index is 867. The van der Waals surface area contributed by atoms with Crippen molar-refractivity contribution < 1.29 is 17.9 Å². The molecule has 2 aromatic carbocycles. The van der Waals surface area contributed by atoms with Gasteiger partial charge in [0, 0.05) is 0 Å². The van der Waals surface area contributed by atoms with E-state index in [1.807, 2.05) is 30.3 Å². The summed E-state index contributed by atoms with van der Waals surface area (Å²) in [6.07, 6.45) is 0. The molecule has 146 valence electrons. The summed E-state index contributed by atoms with van der Waals surface area (Å²) in [5.41, 5.74) is 1.23. The number of benzene rings is 2. The summed E-state index contributed by atoms with van der Waals surface area (Å²) < 4.78 is 33.3. The lowest BCUT2D eigenvalue weighted by Gasteiger charge is -2.26. The second-order valence-electron chi connectivity index (χ2n) is 7.77. The highest BCUT2D eigenvalue weighted by atomic mass is 32.2.